The molecule has 3 aliphatic heterocycles. The Kier molecular flexibility index (Phi) is 4.02. The molecule has 6 heteroatoms. The van der Waals surface area contributed by atoms with Crippen molar-refractivity contribution in [3.63, 3.8) is 0 Å². The number of hydrogen-bond acceptors (Lipinski definition) is 4. The van der Waals surface area contributed by atoms with E-state index in [4.69, 9.17) is 4.74 Å². The Balaban J connectivity index is 1.60. The molecule has 0 bridgehead atoms. The first kappa shape index (κ1) is 15.6. The van der Waals surface area contributed by atoms with E-state index in [1.54, 1.807) is 6.08 Å². The van der Waals surface area contributed by atoms with Gasteiger partial charge in [-0.1, -0.05) is 30.3 Å². The van der Waals surface area contributed by atoms with Gasteiger partial charge in [0.05, 0.1) is 5.75 Å². The standard InChI is InChI=1S/C18H20N2O3S/c21-24(22)13-10-20-17(2-1-3-18(20)19-24)16-6-4-14(5-7-16)15-8-11-23-12-9-15/h1-7,15H,8-13H2. The summed E-state index contributed by atoms with van der Waals surface area (Å²) < 4.78 is 32.7. The van der Waals surface area contributed by atoms with Crippen LogP contribution in [0.2, 0.25) is 0 Å². The molecule has 0 saturated carbocycles. The van der Waals surface area contributed by atoms with Crippen molar-refractivity contribution in [2.75, 3.05) is 25.5 Å². The van der Waals surface area contributed by atoms with Gasteiger partial charge in [-0.05, 0) is 42.0 Å². The highest BCUT2D eigenvalue weighted by Crippen LogP contribution is 2.30. The van der Waals surface area contributed by atoms with E-state index in [1.165, 1.54) is 5.56 Å². The second kappa shape index (κ2) is 6.18. The topological polar surface area (TPSA) is 59.0 Å². The highest BCUT2D eigenvalue weighted by Gasteiger charge is 2.27. The molecular weight excluding hydrogens is 324 g/mol. The first-order valence-corrected chi connectivity index (χ1v) is 9.90. The number of ether oxygens (including phenoxy) is 1. The maximum atomic E-state index is 11.7. The third-order valence-corrected chi connectivity index (χ3v) is 5.94. The van der Waals surface area contributed by atoms with E-state index >= 15 is 0 Å². The molecule has 1 aromatic carbocycles. The second-order valence-electron chi connectivity index (χ2n) is 6.31. The molecule has 0 atom stereocenters. The first-order chi connectivity index (χ1) is 11.6. The van der Waals surface area contributed by atoms with Crippen molar-refractivity contribution in [3.8, 4) is 0 Å². The number of sulfonamides is 1. The van der Waals surface area contributed by atoms with Crippen molar-refractivity contribution in [2.24, 2.45) is 4.40 Å². The summed E-state index contributed by atoms with van der Waals surface area (Å²) >= 11 is 0. The predicted octanol–water partition coefficient (Wildman–Crippen LogP) is 2.54. The molecule has 4 rings (SSSR count). The minimum atomic E-state index is -3.32. The Labute approximate surface area is 142 Å². The lowest BCUT2D eigenvalue weighted by molar-refractivity contribution is 0.0853. The van der Waals surface area contributed by atoms with Crippen LogP contribution in [0, 0.1) is 0 Å². The predicted molar refractivity (Wildman–Crippen MR) is 94.3 cm³/mol. The zero-order valence-corrected chi connectivity index (χ0v) is 14.2. The first-order valence-electron chi connectivity index (χ1n) is 8.29. The third-order valence-electron chi connectivity index (χ3n) is 4.77. The van der Waals surface area contributed by atoms with Crippen LogP contribution < -0.4 is 0 Å². The van der Waals surface area contributed by atoms with Crippen molar-refractivity contribution in [2.45, 2.75) is 18.8 Å². The zero-order chi connectivity index (χ0) is 16.6. The summed E-state index contributed by atoms with van der Waals surface area (Å²) in [5.41, 5.74) is 3.44. The number of fused-ring (bicyclic) bond motifs is 1. The van der Waals surface area contributed by atoms with Gasteiger partial charge < -0.3 is 9.64 Å². The van der Waals surface area contributed by atoms with Gasteiger partial charge in [-0.2, -0.15) is 0 Å². The van der Waals surface area contributed by atoms with Crippen LogP contribution in [0.3, 0.4) is 0 Å². The highest BCUT2D eigenvalue weighted by atomic mass is 32.2. The smallest absolute Gasteiger partial charge is 0.256 e. The monoisotopic (exact) mass is 344 g/mol. The van der Waals surface area contributed by atoms with Crippen LogP contribution in [0.1, 0.15) is 29.9 Å². The summed E-state index contributed by atoms with van der Waals surface area (Å²) in [7, 11) is -3.32. The molecule has 0 radical (unpaired) electrons. The second-order valence-corrected chi connectivity index (χ2v) is 8.06. The van der Waals surface area contributed by atoms with E-state index in [-0.39, 0.29) is 5.75 Å². The molecule has 0 aromatic heterocycles. The van der Waals surface area contributed by atoms with Gasteiger partial charge in [0.25, 0.3) is 10.0 Å². The number of nitrogens with zero attached hydrogens (tertiary/aromatic N) is 2. The molecule has 1 aromatic rings. The molecule has 1 saturated heterocycles. The van der Waals surface area contributed by atoms with Gasteiger partial charge in [-0.15, -0.1) is 4.40 Å². The van der Waals surface area contributed by atoms with Crippen LogP contribution in [-0.2, 0) is 14.8 Å². The SMILES string of the molecule is O=S1(=O)CCN2C(c3ccc(C4CCOCC4)cc3)=CC=CC2=N1. The summed E-state index contributed by atoms with van der Waals surface area (Å²) in [6, 6.07) is 8.61. The Morgan fingerprint density at radius 2 is 1.88 bits per heavy atom. The Morgan fingerprint density at radius 1 is 1.12 bits per heavy atom. The van der Waals surface area contributed by atoms with Crippen LogP contribution in [0.4, 0.5) is 0 Å². The number of rotatable bonds is 2. The quantitative estimate of drug-likeness (QED) is 0.827. The van der Waals surface area contributed by atoms with E-state index in [2.05, 4.69) is 28.7 Å². The average Bonchev–Trinajstić information content (AvgIpc) is 2.61. The summed E-state index contributed by atoms with van der Waals surface area (Å²) in [6.45, 7) is 2.12. The number of allylic oxidation sites excluding steroid dienone is 2. The van der Waals surface area contributed by atoms with E-state index in [0.29, 0.717) is 18.3 Å². The molecule has 126 valence electrons. The van der Waals surface area contributed by atoms with Gasteiger partial charge in [0.1, 0.15) is 5.84 Å². The van der Waals surface area contributed by atoms with Gasteiger partial charge >= 0.3 is 0 Å². The molecule has 0 N–H and O–H groups in total. The lowest BCUT2D eigenvalue weighted by atomic mass is 9.91. The van der Waals surface area contributed by atoms with Crippen LogP contribution >= 0.6 is 0 Å². The minimum absolute atomic E-state index is 0.0574. The molecule has 0 aliphatic carbocycles. The summed E-state index contributed by atoms with van der Waals surface area (Å²) in [6.07, 6.45) is 7.77. The van der Waals surface area contributed by atoms with Gasteiger partial charge in [0.15, 0.2) is 0 Å². The van der Waals surface area contributed by atoms with Crippen LogP contribution in [0.15, 0.2) is 46.9 Å². The fraction of sp³-hybridized carbons (Fsp3) is 0.389. The lowest BCUT2D eigenvalue weighted by Gasteiger charge is -2.32. The number of benzene rings is 1. The molecule has 3 heterocycles. The van der Waals surface area contributed by atoms with Crippen LogP contribution in [-0.4, -0.2) is 44.7 Å². The molecular formula is C18H20N2O3S. The summed E-state index contributed by atoms with van der Waals surface area (Å²) in [5, 5.41) is 0. The maximum Gasteiger partial charge on any atom is 0.256 e. The van der Waals surface area contributed by atoms with Gasteiger partial charge in [0.2, 0.25) is 0 Å². The largest absolute Gasteiger partial charge is 0.381 e. The van der Waals surface area contributed by atoms with Gasteiger partial charge in [-0.25, -0.2) is 8.42 Å². The zero-order valence-electron chi connectivity index (χ0n) is 13.4. The Bertz CT molecular complexity index is 816. The summed E-state index contributed by atoms with van der Waals surface area (Å²) in [4.78, 5) is 1.98. The lowest BCUT2D eigenvalue weighted by Crippen LogP contribution is -2.38. The van der Waals surface area contributed by atoms with Gasteiger partial charge in [-0.3, -0.25) is 0 Å². The molecule has 0 spiro atoms. The molecule has 0 amide bonds. The van der Waals surface area contributed by atoms with E-state index in [9.17, 15) is 8.42 Å². The Morgan fingerprint density at radius 3 is 2.62 bits per heavy atom. The van der Waals surface area contributed by atoms with E-state index in [0.717, 1.165) is 37.3 Å². The highest BCUT2D eigenvalue weighted by molar-refractivity contribution is 7.90. The van der Waals surface area contributed by atoms with Crippen molar-refractivity contribution < 1.29 is 13.2 Å². The maximum absolute atomic E-state index is 11.7. The van der Waals surface area contributed by atoms with E-state index in [1.807, 2.05) is 17.1 Å². The van der Waals surface area contributed by atoms with Crippen molar-refractivity contribution in [1.29, 1.82) is 0 Å². The summed E-state index contributed by atoms with van der Waals surface area (Å²) in [5.74, 6) is 1.14. The molecule has 0 unspecified atom stereocenters. The molecule has 1 fully saturated rings. The normalized spacial score (nSPS) is 23.4. The van der Waals surface area contributed by atoms with Gasteiger partial charge in [0, 0.05) is 25.5 Å². The van der Waals surface area contributed by atoms with Crippen molar-refractivity contribution in [3.05, 3.63) is 53.6 Å². The third kappa shape index (κ3) is 3.03. The minimum Gasteiger partial charge on any atom is -0.381 e. The number of hydrogen-bond donors (Lipinski definition) is 0. The van der Waals surface area contributed by atoms with E-state index < -0.39 is 10.0 Å². The fourth-order valence-corrected chi connectivity index (χ4v) is 4.40. The molecule has 5 nitrogen and oxygen atoms in total. The number of amidine groups is 1. The van der Waals surface area contributed by atoms with Crippen LogP contribution in [0.25, 0.3) is 5.70 Å². The molecule has 24 heavy (non-hydrogen) atoms. The van der Waals surface area contributed by atoms with Crippen molar-refractivity contribution >= 4 is 21.6 Å². The average molecular weight is 344 g/mol. The Hall–Kier alpha value is -1.92. The van der Waals surface area contributed by atoms with Crippen LogP contribution in [0.5, 0.6) is 0 Å². The molecule has 3 aliphatic rings. The fourth-order valence-electron chi connectivity index (χ4n) is 3.45. The van der Waals surface area contributed by atoms with Crippen molar-refractivity contribution in [1.82, 2.24) is 4.90 Å².